The molecular formula is C14H21NO2S. The maximum absolute atomic E-state index is 12.2. The van der Waals surface area contributed by atoms with Gasteiger partial charge in [0, 0.05) is 12.5 Å². The molecule has 1 aromatic carbocycles. The van der Waals surface area contributed by atoms with Gasteiger partial charge in [-0.05, 0) is 30.5 Å². The van der Waals surface area contributed by atoms with Gasteiger partial charge in [-0.2, -0.15) is 0 Å². The van der Waals surface area contributed by atoms with E-state index in [0.717, 1.165) is 18.5 Å². The summed E-state index contributed by atoms with van der Waals surface area (Å²) >= 11 is 0. The van der Waals surface area contributed by atoms with Gasteiger partial charge in [-0.15, -0.1) is 0 Å². The maximum Gasteiger partial charge on any atom is 0.179 e. The standard InChI is InChI=1S/C14H21NO2S/c1-4-14(2,10-15-3)12-9-18(16,17)13-8-6-5-7-11(12)13/h5-8,12,15H,4,9-10H2,1-3H3. The molecule has 0 aliphatic carbocycles. The van der Waals surface area contributed by atoms with Gasteiger partial charge in [-0.3, -0.25) is 0 Å². The third-order valence-corrected chi connectivity index (χ3v) is 6.06. The van der Waals surface area contributed by atoms with E-state index in [0.29, 0.717) is 4.90 Å². The summed E-state index contributed by atoms with van der Waals surface area (Å²) in [5.41, 5.74) is 0.978. The number of benzene rings is 1. The van der Waals surface area contributed by atoms with Crippen LogP contribution in [-0.4, -0.2) is 27.8 Å². The minimum atomic E-state index is -3.09. The van der Waals surface area contributed by atoms with Crippen molar-refractivity contribution in [2.45, 2.75) is 31.1 Å². The summed E-state index contributed by atoms with van der Waals surface area (Å²) < 4.78 is 24.4. The molecule has 0 aromatic heterocycles. The SMILES string of the molecule is CCC(C)(CNC)C1CS(=O)(=O)c2ccccc21. The first-order chi connectivity index (χ1) is 8.44. The fourth-order valence-electron chi connectivity index (χ4n) is 2.93. The number of fused-ring (bicyclic) bond motifs is 1. The summed E-state index contributed by atoms with van der Waals surface area (Å²) in [6.07, 6.45) is 0.961. The molecule has 0 fully saturated rings. The van der Waals surface area contributed by atoms with Crippen LogP contribution in [0.25, 0.3) is 0 Å². The van der Waals surface area contributed by atoms with Gasteiger partial charge < -0.3 is 5.32 Å². The van der Waals surface area contributed by atoms with E-state index in [9.17, 15) is 8.42 Å². The molecule has 3 nitrogen and oxygen atoms in total. The van der Waals surface area contributed by atoms with Gasteiger partial charge >= 0.3 is 0 Å². The van der Waals surface area contributed by atoms with E-state index < -0.39 is 9.84 Å². The monoisotopic (exact) mass is 267 g/mol. The van der Waals surface area contributed by atoms with Crippen molar-refractivity contribution in [3.63, 3.8) is 0 Å². The van der Waals surface area contributed by atoms with Gasteiger partial charge in [0.25, 0.3) is 0 Å². The van der Waals surface area contributed by atoms with Gasteiger partial charge in [-0.1, -0.05) is 32.0 Å². The van der Waals surface area contributed by atoms with Gasteiger partial charge in [0.2, 0.25) is 0 Å². The Morgan fingerprint density at radius 2 is 2.06 bits per heavy atom. The minimum absolute atomic E-state index is 0.0194. The van der Waals surface area contributed by atoms with Crippen molar-refractivity contribution >= 4 is 9.84 Å². The molecule has 4 heteroatoms. The van der Waals surface area contributed by atoms with Crippen molar-refractivity contribution in [2.24, 2.45) is 5.41 Å². The summed E-state index contributed by atoms with van der Waals surface area (Å²) in [6, 6.07) is 7.44. The second-order valence-corrected chi connectivity index (χ2v) is 7.41. The first-order valence-electron chi connectivity index (χ1n) is 6.41. The number of hydrogen-bond donors (Lipinski definition) is 1. The van der Waals surface area contributed by atoms with E-state index in [1.54, 1.807) is 12.1 Å². The smallest absolute Gasteiger partial charge is 0.179 e. The largest absolute Gasteiger partial charge is 0.319 e. The number of nitrogens with one attached hydrogen (secondary N) is 1. The highest BCUT2D eigenvalue weighted by molar-refractivity contribution is 7.91. The van der Waals surface area contributed by atoms with Crippen LogP contribution in [0.4, 0.5) is 0 Å². The molecule has 2 atom stereocenters. The molecule has 100 valence electrons. The fourth-order valence-corrected chi connectivity index (χ4v) is 4.98. The summed E-state index contributed by atoms with van der Waals surface area (Å²) in [5, 5.41) is 3.20. The molecule has 1 aromatic rings. The molecule has 2 rings (SSSR count). The van der Waals surface area contributed by atoms with Crippen LogP contribution in [0.5, 0.6) is 0 Å². The van der Waals surface area contributed by atoms with E-state index in [4.69, 9.17) is 0 Å². The van der Waals surface area contributed by atoms with Crippen molar-refractivity contribution in [1.82, 2.24) is 5.32 Å². The maximum atomic E-state index is 12.2. The van der Waals surface area contributed by atoms with Gasteiger partial charge in [-0.25, -0.2) is 8.42 Å². The Hall–Kier alpha value is -0.870. The average molecular weight is 267 g/mol. The molecule has 2 unspecified atom stereocenters. The Morgan fingerprint density at radius 1 is 1.39 bits per heavy atom. The van der Waals surface area contributed by atoms with Crippen LogP contribution in [0.15, 0.2) is 29.2 Å². The van der Waals surface area contributed by atoms with Crippen LogP contribution in [-0.2, 0) is 9.84 Å². The van der Waals surface area contributed by atoms with Gasteiger partial charge in [0.05, 0.1) is 10.6 Å². The molecular weight excluding hydrogens is 246 g/mol. The molecule has 1 N–H and O–H groups in total. The lowest BCUT2D eigenvalue weighted by Gasteiger charge is -2.34. The van der Waals surface area contributed by atoms with Crippen LogP contribution in [0, 0.1) is 5.41 Å². The molecule has 0 saturated carbocycles. The summed E-state index contributed by atoms with van der Waals surface area (Å²) in [5.74, 6) is 0.342. The van der Waals surface area contributed by atoms with Gasteiger partial charge in [0.1, 0.15) is 0 Å². The molecule has 0 spiro atoms. The lowest BCUT2D eigenvalue weighted by molar-refractivity contribution is 0.251. The highest BCUT2D eigenvalue weighted by Crippen LogP contribution is 2.46. The van der Waals surface area contributed by atoms with E-state index in [1.807, 2.05) is 19.2 Å². The molecule has 0 amide bonds. The summed E-state index contributed by atoms with van der Waals surface area (Å²) in [7, 11) is -1.17. The van der Waals surface area contributed by atoms with Crippen LogP contribution < -0.4 is 5.32 Å². The number of rotatable bonds is 4. The molecule has 1 aliphatic rings. The quantitative estimate of drug-likeness (QED) is 0.909. The van der Waals surface area contributed by atoms with Crippen LogP contribution >= 0.6 is 0 Å². The molecule has 1 heterocycles. The fraction of sp³-hybridized carbons (Fsp3) is 0.571. The van der Waals surface area contributed by atoms with E-state index in [1.165, 1.54) is 0 Å². The van der Waals surface area contributed by atoms with E-state index >= 15 is 0 Å². The highest BCUT2D eigenvalue weighted by atomic mass is 32.2. The van der Waals surface area contributed by atoms with Gasteiger partial charge in [0.15, 0.2) is 9.84 Å². The van der Waals surface area contributed by atoms with E-state index in [2.05, 4.69) is 19.2 Å². The Labute approximate surface area is 110 Å². The predicted molar refractivity (Wildman–Crippen MR) is 73.6 cm³/mol. The zero-order valence-corrected chi connectivity index (χ0v) is 12.0. The zero-order chi connectivity index (χ0) is 13.4. The average Bonchev–Trinajstić information content (AvgIpc) is 2.63. The predicted octanol–water partition coefficient (Wildman–Crippen LogP) is 2.19. The lowest BCUT2D eigenvalue weighted by Crippen LogP contribution is -2.36. The van der Waals surface area contributed by atoms with E-state index in [-0.39, 0.29) is 17.1 Å². The third-order valence-electron chi connectivity index (χ3n) is 4.25. The van der Waals surface area contributed by atoms with Crippen LogP contribution in [0.3, 0.4) is 0 Å². The van der Waals surface area contributed by atoms with Crippen molar-refractivity contribution in [3.05, 3.63) is 29.8 Å². The van der Waals surface area contributed by atoms with Crippen LogP contribution in [0.2, 0.25) is 0 Å². The topological polar surface area (TPSA) is 46.2 Å². The Balaban J connectivity index is 2.50. The second kappa shape index (κ2) is 4.67. The third kappa shape index (κ3) is 2.08. The molecule has 0 bridgehead atoms. The molecule has 0 saturated heterocycles. The van der Waals surface area contributed by atoms with Crippen molar-refractivity contribution < 1.29 is 8.42 Å². The summed E-state index contributed by atoms with van der Waals surface area (Å²) in [6.45, 7) is 5.13. The zero-order valence-electron chi connectivity index (χ0n) is 11.2. The molecule has 18 heavy (non-hydrogen) atoms. The van der Waals surface area contributed by atoms with Crippen molar-refractivity contribution in [2.75, 3.05) is 19.3 Å². The Bertz CT molecular complexity index is 538. The van der Waals surface area contributed by atoms with Crippen molar-refractivity contribution in [1.29, 1.82) is 0 Å². The number of hydrogen-bond acceptors (Lipinski definition) is 3. The lowest BCUT2D eigenvalue weighted by atomic mass is 9.72. The highest BCUT2D eigenvalue weighted by Gasteiger charge is 2.43. The Kier molecular flexibility index (Phi) is 3.52. The molecule has 1 aliphatic heterocycles. The summed E-state index contributed by atoms with van der Waals surface area (Å²) in [4.78, 5) is 0.533. The van der Waals surface area contributed by atoms with Crippen molar-refractivity contribution in [3.8, 4) is 0 Å². The second-order valence-electron chi connectivity index (χ2n) is 5.41. The normalized spacial score (nSPS) is 24.5. The minimum Gasteiger partial charge on any atom is -0.319 e. The van der Waals surface area contributed by atoms with Crippen LogP contribution in [0.1, 0.15) is 31.7 Å². The first-order valence-corrected chi connectivity index (χ1v) is 8.06. The first kappa shape index (κ1) is 13.6. The molecule has 0 radical (unpaired) electrons. The number of sulfone groups is 1. The Morgan fingerprint density at radius 3 is 2.67 bits per heavy atom.